The Hall–Kier alpha value is -2.82. The van der Waals surface area contributed by atoms with E-state index in [0.29, 0.717) is 5.56 Å². The number of alkyl carbamates (subject to hydrolysis) is 1. The first-order valence-corrected chi connectivity index (χ1v) is 9.26. The molecule has 0 heterocycles. The molecule has 5 nitrogen and oxygen atoms in total. The summed E-state index contributed by atoms with van der Waals surface area (Å²) < 4.78 is 5.34. The topological polar surface area (TPSA) is 67.4 Å². The maximum absolute atomic E-state index is 13.0. The van der Waals surface area contributed by atoms with Gasteiger partial charge in [-0.05, 0) is 50.3 Å². The van der Waals surface area contributed by atoms with Gasteiger partial charge >= 0.3 is 6.09 Å². The summed E-state index contributed by atoms with van der Waals surface area (Å²) in [6.07, 6.45) is 1.19. The van der Waals surface area contributed by atoms with Crippen molar-refractivity contribution in [3.8, 4) is 0 Å². The molecule has 0 unspecified atom stereocenters. The van der Waals surface area contributed by atoms with Crippen LogP contribution in [0.2, 0.25) is 0 Å². The summed E-state index contributed by atoms with van der Waals surface area (Å²) in [5.41, 5.74) is 2.49. The van der Waals surface area contributed by atoms with Crippen molar-refractivity contribution in [2.75, 3.05) is 0 Å². The number of fused-ring (bicyclic) bond motifs is 1. The van der Waals surface area contributed by atoms with E-state index in [1.165, 1.54) is 5.56 Å². The first-order chi connectivity index (χ1) is 12.8. The molecule has 0 spiro atoms. The molecule has 5 heteroatoms. The number of rotatable bonds is 4. The van der Waals surface area contributed by atoms with Gasteiger partial charge < -0.3 is 15.4 Å². The van der Waals surface area contributed by atoms with Gasteiger partial charge in [0.25, 0.3) is 0 Å². The second-order valence-electron chi connectivity index (χ2n) is 7.79. The van der Waals surface area contributed by atoms with Crippen LogP contribution in [0.4, 0.5) is 4.79 Å². The molecular weight excluding hydrogens is 340 g/mol. The van der Waals surface area contributed by atoms with Gasteiger partial charge in [-0.1, -0.05) is 54.6 Å². The van der Waals surface area contributed by atoms with Crippen molar-refractivity contribution in [2.45, 2.75) is 51.3 Å². The van der Waals surface area contributed by atoms with E-state index in [-0.39, 0.29) is 11.9 Å². The predicted molar refractivity (Wildman–Crippen MR) is 104 cm³/mol. The summed E-state index contributed by atoms with van der Waals surface area (Å²) in [4.78, 5) is 25.3. The Morgan fingerprint density at radius 3 is 2.41 bits per heavy atom. The lowest BCUT2D eigenvalue weighted by atomic mass is 10.0. The van der Waals surface area contributed by atoms with Crippen molar-refractivity contribution in [1.82, 2.24) is 10.6 Å². The highest BCUT2D eigenvalue weighted by molar-refractivity contribution is 5.87. The first-order valence-electron chi connectivity index (χ1n) is 9.26. The number of carbonyl (C=O) groups is 2. The minimum atomic E-state index is -0.811. The van der Waals surface area contributed by atoms with Crippen molar-refractivity contribution in [3.05, 3.63) is 71.3 Å². The number of hydrogen-bond acceptors (Lipinski definition) is 3. The number of amides is 2. The Morgan fingerprint density at radius 2 is 1.70 bits per heavy atom. The summed E-state index contributed by atoms with van der Waals surface area (Å²) in [5.74, 6) is -0.242. The van der Waals surface area contributed by atoms with Gasteiger partial charge in [0.05, 0.1) is 6.04 Å². The minimum Gasteiger partial charge on any atom is -0.444 e. The molecule has 0 fully saturated rings. The molecule has 0 saturated heterocycles. The zero-order valence-corrected chi connectivity index (χ0v) is 16.0. The highest BCUT2D eigenvalue weighted by Crippen LogP contribution is 2.31. The average Bonchev–Trinajstić information content (AvgIpc) is 3.02. The Balaban J connectivity index is 1.76. The lowest BCUT2D eigenvalue weighted by Crippen LogP contribution is -2.43. The van der Waals surface area contributed by atoms with Crippen LogP contribution in [0.25, 0.3) is 0 Å². The smallest absolute Gasteiger partial charge is 0.408 e. The maximum atomic E-state index is 13.0. The van der Waals surface area contributed by atoms with E-state index in [1.54, 1.807) is 20.8 Å². The molecule has 27 heavy (non-hydrogen) atoms. The van der Waals surface area contributed by atoms with Crippen molar-refractivity contribution >= 4 is 12.0 Å². The fraction of sp³-hybridized carbons (Fsp3) is 0.364. The van der Waals surface area contributed by atoms with E-state index in [9.17, 15) is 9.59 Å². The molecule has 2 atom stereocenters. The van der Waals surface area contributed by atoms with Gasteiger partial charge in [0.2, 0.25) is 5.91 Å². The van der Waals surface area contributed by atoms with Gasteiger partial charge in [0, 0.05) is 0 Å². The minimum absolute atomic E-state index is 0.0413. The van der Waals surface area contributed by atoms with Crippen molar-refractivity contribution < 1.29 is 14.3 Å². The van der Waals surface area contributed by atoms with Crippen molar-refractivity contribution in [2.24, 2.45) is 0 Å². The summed E-state index contributed by atoms with van der Waals surface area (Å²) in [7, 11) is 0. The lowest BCUT2D eigenvalue weighted by Gasteiger charge is -2.25. The molecule has 0 aromatic heterocycles. The number of aryl methyl sites for hydroxylation is 1. The van der Waals surface area contributed by atoms with Crippen LogP contribution >= 0.6 is 0 Å². The van der Waals surface area contributed by atoms with Crippen LogP contribution in [0.15, 0.2) is 54.6 Å². The molecule has 1 aliphatic rings. The molecule has 0 bridgehead atoms. The molecule has 2 aromatic carbocycles. The summed E-state index contributed by atoms with van der Waals surface area (Å²) >= 11 is 0. The highest BCUT2D eigenvalue weighted by atomic mass is 16.6. The number of hydrogen-bond donors (Lipinski definition) is 2. The summed E-state index contributed by atoms with van der Waals surface area (Å²) in [5, 5.41) is 5.81. The van der Waals surface area contributed by atoms with E-state index >= 15 is 0 Å². The van der Waals surface area contributed by atoms with E-state index in [4.69, 9.17) is 4.74 Å². The van der Waals surface area contributed by atoms with Gasteiger partial charge in [0.1, 0.15) is 11.6 Å². The Labute approximate surface area is 160 Å². The zero-order chi connectivity index (χ0) is 19.4. The fourth-order valence-electron chi connectivity index (χ4n) is 3.33. The monoisotopic (exact) mass is 366 g/mol. The van der Waals surface area contributed by atoms with E-state index in [0.717, 1.165) is 18.4 Å². The Morgan fingerprint density at radius 1 is 1.04 bits per heavy atom. The number of benzene rings is 2. The molecule has 0 radical (unpaired) electrons. The van der Waals surface area contributed by atoms with Crippen LogP contribution in [0.5, 0.6) is 0 Å². The average molecular weight is 366 g/mol. The third-order valence-electron chi connectivity index (χ3n) is 4.51. The second-order valence-corrected chi connectivity index (χ2v) is 7.79. The normalized spacial score (nSPS) is 16.9. The lowest BCUT2D eigenvalue weighted by molar-refractivity contribution is -0.124. The standard InChI is InChI=1S/C22H26N2O3/c1-22(2,3)27-21(26)24-19(16-10-5-4-6-11-16)20(25)23-18-14-13-15-9-7-8-12-17(15)18/h4-12,18-19H,13-14H2,1-3H3,(H,23,25)(H,24,26)/t18-,19+/m0/s1. The number of carbonyl (C=O) groups excluding carboxylic acids is 2. The van der Waals surface area contributed by atoms with Crippen LogP contribution in [0.1, 0.15) is 56.0 Å². The molecule has 142 valence electrons. The second kappa shape index (κ2) is 7.82. The van der Waals surface area contributed by atoms with E-state index in [2.05, 4.69) is 16.7 Å². The van der Waals surface area contributed by atoms with Crippen LogP contribution in [0.3, 0.4) is 0 Å². The summed E-state index contributed by atoms with van der Waals surface area (Å²) in [6, 6.07) is 16.5. The third-order valence-corrected chi connectivity index (χ3v) is 4.51. The Kier molecular flexibility index (Phi) is 5.49. The van der Waals surface area contributed by atoms with Crippen LogP contribution in [-0.4, -0.2) is 17.6 Å². The quantitative estimate of drug-likeness (QED) is 0.858. The van der Waals surface area contributed by atoms with Gasteiger partial charge in [-0.25, -0.2) is 4.79 Å². The molecule has 3 rings (SSSR count). The third kappa shape index (κ3) is 4.88. The van der Waals surface area contributed by atoms with E-state index in [1.807, 2.05) is 48.5 Å². The Bertz CT molecular complexity index is 812. The molecular formula is C22H26N2O3. The zero-order valence-electron chi connectivity index (χ0n) is 16.0. The SMILES string of the molecule is CC(C)(C)OC(=O)N[C@@H](C(=O)N[C@H]1CCc2ccccc21)c1ccccc1. The van der Waals surface area contributed by atoms with Crippen LogP contribution in [-0.2, 0) is 16.0 Å². The van der Waals surface area contributed by atoms with Gasteiger partial charge in [0.15, 0.2) is 0 Å². The van der Waals surface area contributed by atoms with Crippen LogP contribution < -0.4 is 10.6 Å². The van der Waals surface area contributed by atoms with E-state index < -0.39 is 17.7 Å². The highest BCUT2D eigenvalue weighted by Gasteiger charge is 2.30. The molecule has 1 aliphatic carbocycles. The van der Waals surface area contributed by atoms with Gasteiger partial charge in [-0.15, -0.1) is 0 Å². The molecule has 0 saturated carbocycles. The summed E-state index contributed by atoms with van der Waals surface area (Å²) in [6.45, 7) is 5.37. The van der Waals surface area contributed by atoms with Gasteiger partial charge in [-0.3, -0.25) is 4.79 Å². The predicted octanol–water partition coefficient (Wildman–Crippen LogP) is 4.06. The molecule has 2 aromatic rings. The van der Waals surface area contributed by atoms with Crippen molar-refractivity contribution in [1.29, 1.82) is 0 Å². The molecule has 0 aliphatic heterocycles. The van der Waals surface area contributed by atoms with Crippen LogP contribution in [0, 0.1) is 0 Å². The fourth-order valence-corrected chi connectivity index (χ4v) is 3.33. The molecule has 2 amide bonds. The van der Waals surface area contributed by atoms with Crippen molar-refractivity contribution in [3.63, 3.8) is 0 Å². The first kappa shape index (κ1) is 19.0. The maximum Gasteiger partial charge on any atom is 0.408 e. The molecule has 2 N–H and O–H groups in total. The number of ether oxygens (including phenoxy) is 1. The van der Waals surface area contributed by atoms with Gasteiger partial charge in [-0.2, -0.15) is 0 Å². The number of nitrogens with one attached hydrogen (secondary N) is 2. The largest absolute Gasteiger partial charge is 0.444 e.